The van der Waals surface area contributed by atoms with E-state index < -0.39 is 0 Å². The molecule has 2 heterocycles. The molecule has 0 bridgehead atoms. The van der Waals surface area contributed by atoms with Gasteiger partial charge < -0.3 is 9.80 Å². The Morgan fingerprint density at radius 3 is 2.85 bits per heavy atom. The van der Waals surface area contributed by atoms with Gasteiger partial charge in [0.25, 0.3) is 5.69 Å². The minimum absolute atomic E-state index is 0.243. The third-order valence-electron chi connectivity index (χ3n) is 4.66. The first-order valence-corrected chi connectivity index (χ1v) is 7.35. The molecule has 2 saturated heterocycles. The summed E-state index contributed by atoms with van der Waals surface area (Å²) < 4.78 is 0. The Labute approximate surface area is 119 Å². The van der Waals surface area contributed by atoms with Crippen LogP contribution in [-0.4, -0.2) is 42.5 Å². The van der Waals surface area contributed by atoms with E-state index in [-0.39, 0.29) is 10.6 Å². The summed E-state index contributed by atoms with van der Waals surface area (Å²) in [6.45, 7) is 3.13. The molecule has 2 aliphatic rings. The van der Waals surface area contributed by atoms with E-state index in [1.54, 1.807) is 12.1 Å². The van der Waals surface area contributed by atoms with Gasteiger partial charge in [-0.2, -0.15) is 0 Å². The van der Waals surface area contributed by atoms with E-state index >= 15 is 0 Å². The van der Waals surface area contributed by atoms with Gasteiger partial charge >= 0.3 is 0 Å². The first-order valence-electron chi connectivity index (χ1n) is 7.35. The maximum Gasteiger partial charge on any atom is 0.292 e. The van der Waals surface area contributed by atoms with Crippen LogP contribution in [0.2, 0.25) is 0 Å². The molecule has 20 heavy (non-hydrogen) atoms. The molecule has 1 aromatic rings. The lowest BCUT2D eigenvalue weighted by Gasteiger charge is -2.47. The lowest BCUT2D eigenvalue weighted by atomic mass is 9.83. The standard InChI is InChI=1S/C15H21N3O2/c1-16-10-8-13-12(11-16)5-4-9-17(13)14-6-2-3-7-15(14)18(19)20/h2-3,6-7,12-13H,4-5,8-11H2,1H3. The van der Waals surface area contributed by atoms with E-state index in [0.29, 0.717) is 12.0 Å². The summed E-state index contributed by atoms with van der Waals surface area (Å²) in [5.41, 5.74) is 1.05. The summed E-state index contributed by atoms with van der Waals surface area (Å²) in [7, 11) is 2.17. The summed E-state index contributed by atoms with van der Waals surface area (Å²) in [4.78, 5) is 15.7. The SMILES string of the molecule is CN1CCC2C(CCCN2c2ccccc2[N+](=O)[O-])C1. The second-order valence-corrected chi connectivity index (χ2v) is 5.96. The Bertz CT molecular complexity index is 506. The fraction of sp³-hybridized carbons (Fsp3) is 0.600. The molecule has 0 aliphatic carbocycles. The molecule has 3 rings (SSSR count). The lowest BCUT2D eigenvalue weighted by Crippen LogP contribution is -2.53. The highest BCUT2D eigenvalue weighted by Gasteiger charge is 2.36. The van der Waals surface area contributed by atoms with Crippen LogP contribution >= 0.6 is 0 Å². The summed E-state index contributed by atoms with van der Waals surface area (Å²) in [5.74, 6) is 0.641. The van der Waals surface area contributed by atoms with Crippen LogP contribution in [0.15, 0.2) is 24.3 Å². The Hall–Kier alpha value is -1.62. The van der Waals surface area contributed by atoms with Gasteiger partial charge in [0, 0.05) is 25.2 Å². The van der Waals surface area contributed by atoms with Crippen molar-refractivity contribution in [2.75, 3.05) is 31.6 Å². The largest absolute Gasteiger partial charge is 0.363 e. The number of nitro groups is 1. The molecule has 5 heteroatoms. The molecule has 2 atom stereocenters. The summed E-state index contributed by atoms with van der Waals surface area (Å²) in [6, 6.07) is 7.63. The number of fused-ring (bicyclic) bond motifs is 1. The van der Waals surface area contributed by atoms with Gasteiger partial charge in [0.2, 0.25) is 0 Å². The smallest absolute Gasteiger partial charge is 0.292 e. The minimum Gasteiger partial charge on any atom is -0.363 e. The molecular formula is C15H21N3O2. The topological polar surface area (TPSA) is 49.6 Å². The molecule has 0 amide bonds. The number of nitro benzene ring substituents is 1. The molecule has 2 fully saturated rings. The highest BCUT2D eigenvalue weighted by Crippen LogP contribution is 2.37. The van der Waals surface area contributed by atoms with Crippen LogP contribution in [0.5, 0.6) is 0 Å². The maximum atomic E-state index is 11.2. The molecule has 2 aliphatic heterocycles. The van der Waals surface area contributed by atoms with Crippen molar-refractivity contribution in [3.8, 4) is 0 Å². The first kappa shape index (κ1) is 13.4. The Kier molecular flexibility index (Phi) is 3.61. The van der Waals surface area contributed by atoms with E-state index in [1.165, 1.54) is 6.42 Å². The van der Waals surface area contributed by atoms with E-state index in [2.05, 4.69) is 16.8 Å². The van der Waals surface area contributed by atoms with Crippen molar-refractivity contribution < 1.29 is 4.92 Å². The van der Waals surface area contributed by atoms with Crippen molar-refractivity contribution >= 4 is 11.4 Å². The summed E-state index contributed by atoms with van der Waals surface area (Å²) in [6.07, 6.45) is 3.47. The van der Waals surface area contributed by atoms with Crippen LogP contribution < -0.4 is 4.90 Å². The van der Waals surface area contributed by atoms with Gasteiger partial charge in [0.05, 0.1) is 4.92 Å². The van der Waals surface area contributed by atoms with Crippen LogP contribution in [0, 0.1) is 16.0 Å². The normalized spacial score (nSPS) is 27.1. The zero-order valence-electron chi connectivity index (χ0n) is 11.9. The van der Waals surface area contributed by atoms with Crippen LogP contribution in [0.3, 0.4) is 0 Å². The Morgan fingerprint density at radius 2 is 2.05 bits per heavy atom. The van der Waals surface area contributed by atoms with Crippen molar-refractivity contribution in [1.82, 2.24) is 4.90 Å². The number of nitrogens with zero attached hydrogens (tertiary/aromatic N) is 3. The van der Waals surface area contributed by atoms with Gasteiger partial charge in [-0.15, -0.1) is 0 Å². The first-order chi connectivity index (χ1) is 9.66. The zero-order valence-corrected chi connectivity index (χ0v) is 11.9. The van der Waals surface area contributed by atoms with Crippen molar-refractivity contribution in [2.45, 2.75) is 25.3 Å². The fourth-order valence-electron chi connectivity index (χ4n) is 3.75. The Morgan fingerprint density at radius 1 is 1.25 bits per heavy atom. The molecular weight excluding hydrogens is 254 g/mol. The van der Waals surface area contributed by atoms with E-state index in [0.717, 1.165) is 38.2 Å². The van der Waals surface area contributed by atoms with Gasteiger partial charge in [-0.05, 0) is 44.8 Å². The lowest BCUT2D eigenvalue weighted by molar-refractivity contribution is -0.384. The third kappa shape index (κ3) is 2.38. The van der Waals surface area contributed by atoms with Crippen molar-refractivity contribution in [3.05, 3.63) is 34.4 Å². The second-order valence-electron chi connectivity index (χ2n) is 5.96. The molecule has 2 unspecified atom stereocenters. The average molecular weight is 275 g/mol. The van der Waals surface area contributed by atoms with Gasteiger partial charge in [0.15, 0.2) is 0 Å². The van der Waals surface area contributed by atoms with Crippen molar-refractivity contribution in [1.29, 1.82) is 0 Å². The number of hydrogen-bond acceptors (Lipinski definition) is 4. The Balaban J connectivity index is 1.91. The quantitative estimate of drug-likeness (QED) is 0.614. The highest BCUT2D eigenvalue weighted by atomic mass is 16.6. The molecule has 108 valence electrons. The maximum absolute atomic E-state index is 11.2. The number of anilines is 1. The molecule has 0 saturated carbocycles. The minimum atomic E-state index is -0.256. The van der Waals surface area contributed by atoms with Gasteiger partial charge in [-0.3, -0.25) is 10.1 Å². The number of likely N-dealkylation sites (tertiary alicyclic amines) is 1. The number of piperidine rings is 2. The van der Waals surface area contributed by atoms with E-state index in [1.807, 2.05) is 12.1 Å². The van der Waals surface area contributed by atoms with E-state index in [4.69, 9.17) is 0 Å². The average Bonchev–Trinajstić information content (AvgIpc) is 2.46. The predicted octanol–water partition coefficient (Wildman–Crippen LogP) is 2.52. The third-order valence-corrected chi connectivity index (χ3v) is 4.66. The molecule has 0 aromatic heterocycles. The number of para-hydroxylation sites is 2. The fourth-order valence-corrected chi connectivity index (χ4v) is 3.75. The number of hydrogen-bond donors (Lipinski definition) is 0. The van der Waals surface area contributed by atoms with Gasteiger partial charge in [0.1, 0.15) is 5.69 Å². The van der Waals surface area contributed by atoms with Crippen LogP contribution in [-0.2, 0) is 0 Å². The molecule has 1 aromatic carbocycles. The number of benzene rings is 1. The van der Waals surface area contributed by atoms with Gasteiger partial charge in [-0.1, -0.05) is 12.1 Å². The van der Waals surface area contributed by atoms with Crippen molar-refractivity contribution in [2.24, 2.45) is 5.92 Å². The molecule has 0 spiro atoms. The predicted molar refractivity (Wildman–Crippen MR) is 79.1 cm³/mol. The number of rotatable bonds is 2. The van der Waals surface area contributed by atoms with Gasteiger partial charge in [-0.25, -0.2) is 0 Å². The van der Waals surface area contributed by atoms with Crippen LogP contribution in [0.25, 0.3) is 0 Å². The zero-order chi connectivity index (χ0) is 14.1. The summed E-state index contributed by atoms with van der Waals surface area (Å²) >= 11 is 0. The van der Waals surface area contributed by atoms with Crippen LogP contribution in [0.4, 0.5) is 11.4 Å². The summed E-state index contributed by atoms with van der Waals surface area (Å²) in [5, 5.41) is 11.2. The highest BCUT2D eigenvalue weighted by molar-refractivity contribution is 5.64. The monoisotopic (exact) mass is 275 g/mol. The molecule has 0 N–H and O–H groups in total. The van der Waals surface area contributed by atoms with Crippen molar-refractivity contribution in [3.63, 3.8) is 0 Å². The molecule has 0 radical (unpaired) electrons. The molecule has 5 nitrogen and oxygen atoms in total. The van der Waals surface area contributed by atoms with E-state index in [9.17, 15) is 10.1 Å². The van der Waals surface area contributed by atoms with Crippen LogP contribution in [0.1, 0.15) is 19.3 Å². The second kappa shape index (κ2) is 5.40.